The number of hydrogen-bond acceptors (Lipinski definition) is 6. The molecule has 0 bridgehead atoms. The molecule has 0 aliphatic carbocycles. The van der Waals surface area contributed by atoms with E-state index in [0.29, 0.717) is 12.6 Å². The van der Waals surface area contributed by atoms with E-state index in [1.54, 1.807) is 7.11 Å². The predicted molar refractivity (Wildman–Crippen MR) is 48.3 cm³/mol. The number of anilines is 2. The molecule has 1 heterocycles. The van der Waals surface area contributed by atoms with E-state index in [0.717, 1.165) is 0 Å². The number of ether oxygens (including phenoxy) is 1. The maximum absolute atomic E-state index is 5.24. The summed E-state index contributed by atoms with van der Waals surface area (Å²) in [4.78, 5) is 0. The Morgan fingerprint density at radius 1 is 1.54 bits per heavy atom. The fraction of sp³-hybridized carbons (Fsp3) is 0.714. The number of nitrogens with zero attached hydrogens (tertiary/aromatic N) is 2. The van der Waals surface area contributed by atoms with Crippen LogP contribution in [-0.2, 0) is 4.74 Å². The van der Waals surface area contributed by atoms with Gasteiger partial charge in [-0.05, 0) is 13.8 Å². The van der Waals surface area contributed by atoms with Gasteiger partial charge in [-0.15, -0.1) is 0 Å². The molecule has 0 fully saturated rings. The summed E-state index contributed by atoms with van der Waals surface area (Å²) < 4.78 is 10.1. The lowest BCUT2D eigenvalue weighted by Crippen LogP contribution is -2.32. The van der Waals surface area contributed by atoms with Crippen molar-refractivity contribution in [2.75, 3.05) is 24.7 Å². The van der Waals surface area contributed by atoms with Crippen LogP contribution >= 0.6 is 0 Å². The van der Waals surface area contributed by atoms with Crippen LogP contribution in [0.2, 0.25) is 0 Å². The molecule has 0 aromatic carbocycles. The van der Waals surface area contributed by atoms with E-state index in [4.69, 9.17) is 14.9 Å². The fourth-order valence-corrected chi connectivity index (χ4v) is 0.667. The van der Waals surface area contributed by atoms with Gasteiger partial charge in [-0.3, -0.25) is 0 Å². The van der Waals surface area contributed by atoms with Crippen LogP contribution in [0.5, 0.6) is 0 Å². The third-order valence-corrected chi connectivity index (χ3v) is 1.66. The highest BCUT2D eigenvalue weighted by Gasteiger charge is 2.16. The quantitative estimate of drug-likeness (QED) is 0.711. The molecule has 0 atom stereocenters. The maximum atomic E-state index is 5.24. The van der Waals surface area contributed by atoms with Crippen LogP contribution in [0.4, 0.5) is 12.0 Å². The molecule has 6 nitrogen and oxygen atoms in total. The summed E-state index contributed by atoms with van der Waals surface area (Å²) in [5.41, 5.74) is 4.96. The number of hydrogen-bond donors (Lipinski definition) is 2. The van der Waals surface area contributed by atoms with Gasteiger partial charge in [0.15, 0.2) is 0 Å². The zero-order valence-electron chi connectivity index (χ0n) is 8.00. The van der Waals surface area contributed by atoms with Gasteiger partial charge in [0, 0.05) is 13.7 Å². The average Bonchev–Trinajstić information content (AvgIpc) is 2.48. The first-order valence-corrected chi connectivity index (χ1v) is 3.91. The van der Waals surface area contributed by atoms with Crippen molar-refractivity contribution < 1.29 is 9.15 Å². The summed E-state index contributed by atoms with van der Waals surface area (Å²) in [6, 6.07) is 0.361. The van der Waals surface area contributed by atoms with Crippen molar-refractivity contribution in [1.29, 1.82) is 0 Å². The van der Waals surface area contributed by atoms with E-state index in [1.807, 2.05) is 13.8 Å². The van der Waals surface area contributed by atoms with E-state index < -0.39 is 0 Å². The Hall–Kier alpha value is -1.30. The van der Waals surface area contributed by atoms with Crippen molar-refractivity contribution in [3.63, 3.8) is 0 Å². The summed E-state index contributed by atoms with van der Waals surface area (Å²) in [6.45, 7) is 4.46. The van der Waals surface area contributed by atoms with E-state index >= 15 is 0 Å². The van der Waals surface area contributed by atoms with Crippen LogP contribution in [0.15, 0.2) is 4.42 Å². The molecule has 0 aliphatic heterocycles. The number of methoxy groups -OCH3 is 1. The monoisotopic (exact) mass is 186 g/mol. The lowest BCUT2D eigenvalue weighted by Gasteiger charge is -2.22. The fourth-order valence-electron chi connectivity index (χ4n) is 0.667. The van der Waals surface area contributed by atoms with Crippen molar-refractivity contribution in [2.45, 2.75) is 19.4 Å². The molecule has 1 rings (SSSR count). The molecule has 0 saturated carbocycles. The van der Waals surface area contributed by atoms with Crippen molar-refractivity contribution in [3.8, 4) is 0 Å². The van der Waals surface area contributed by atoms with Crippen LogP contribution in [0.3, 0.4) is 0 Å². The second kappa shape index (κ2) is 3.61. The highest BCUT2D eigenvalue weighted by molar-refractivity contribution is 5.22. The van der Waals surface area contributed by atoms with Crippen molar-refractivity contribution in [2.24, 2.45) is 0 Å². The van der Waals surface area contributed by atoms with Crippen LogP contribution in [-0.4, -0.2) is 29.5 Å². The van der Waals surface area contributed by atoms with Gasteiger partial charge in [0.05, 0.1) is 5.60 Å². The molecule has 6 heteroatoms. The highest BCUT2D eigenvalue weighted by Crippen LogP contribution is 2.11. The smallest absolute Gasteiger partial charge is 0.316 e. The van der Waals surface area contributed by atoms with E-state index in [-0.39, 0.29) is 11.6 Å². The van der Waals surface area contributed by atoms with Crippen LogP contribution in [0.1, 0.15) is 13.8 Å². The largest absolute Gasteiger partial charge is 0.390 e. The molecule has 0 saturated heterocycles. The average molecular weight is 186 g/mol. The molecule has 1 aromatic heterocycles. The second-order valence-corrected chi connectivity index (χ2v) is 3.26. The van der Waals surface area contributed by atoms with Crippen molar-refractivity contribution in [3.05, 3.63) is 0 Å². The SMILES string of the molecule is COC(C)(C)CNc1nnc(N)o1. The van der Waals surface area contributed by atoms with Gasteiger partial charge >= 0.3 is 12.0 Å². The topological polar surface area (TPSA) is 86.2 Å². The second-order valence-electron chi connectivity index (χ2n) is 3.26. The third-order valence-electron chi connectivity index (χ3n) is 1.66. The minimum absolute atomic E-state index is 0.0534. The van der Waals surface area contributed by atoms with Crippen LogP contribution in [0.25, 0.3) is 0 Å². The number of nitrogen functional groups attached to an aromatic ring is 1. The first kappa shape index (κ1) is 9.79. The summed E-state index contributed by atoms with van der Waals surface area (Å²) in [6.07, 6.45) is 0. The van der Waals surface area contributed by atoms with E-state index in [9.17, 15) is 0 Å². The van der Waals surface area contributed by atoms with Gasteiger partial charge in [0.2, 0.25) is 0 Å². The molecular weight excluding hydrogens is 172 g/mol. The Labute approximate surface area is 76.5 Å². The molecule has 0 unspecified atom stereocenters. The van der Waals surface area contributed by atoms with Gasteiger partial charge < -0.3 is 20.2 Å². The summed E-state index contributed by atoms with van der Waals surface area (Å²) in [7, 11) is 1.64. The molecule has 13 heavy (non-hydrogen) atoms. The summed E-state index contributed by atoms with van der Waals surface area (Å²) in [5.74, 6) is 0. The van der Waals surface area contributed by atoms with Gasteiger partial charge in [0.25, 0.3) is 0 Å². The minimum atomic E-state index is -0.275. The number of nitrogens with one attached hydrogen (secondary N) is 1. The Kier molecular flexibility index (Phi) is 2.72. The Balaban J connectivity index is 2.43. The number of nitrogens with two attached hydrogens (primary N) is 1. The zero-order chi connectivity index (χ0) is 9.90. The van der Waals surface area contributed by atoms with E-state index in [2.05, 4.69) is 15.5 Å². The van der Waals surface area contributed by atoms with Crippen LogP contribution < -0.4 is 11.1 Å². The van der Waals surface area contributed by atoms with Gasteiger partial charge in [-0.25, -0.2) is 0 Å². The van der Waals surface area contributed by atoms with Gasteiger partial charge in [-0.2, -0.15) is 0 Å². The van der Waals surface area contributed by atoms with E-state index in [1.165, 1.54) is 0 Å². The lowest BCUT2D eigenvalue weighted by atomic mass is 10.1. The molecular formula is C7H14N4O2. The molecule has 0 aliphatic rings. The molecule has 0 radical (unpaired) electrons. The molecule has 0 amide bonds. The predicted octanol–water partition coefficient (Wildman–Crippen LogP) is 0.489. The Morgan fingerprint density at radius 2 is 2.23 bits per heavy atom. The number of aromatic nitrogens is 2. The Morgan fingerprint density at radius 3 is 2.69 bits per heavy atom. The first-order chi connectivity index (χ1) is 6.03. The third kappa shape index (κ3) is 2.90. The Bertz CT molecular complexity index is 271. The molecule has 74 valence electrons. The minimum Gasteiger partial charge on any atom is -0.390 e. The first-order valence-electron chi connectivity index (χ1n) is 3.91. The standard InChI is InChI=1S/C7H14N4O2/c1-7(2,12-3)4-9-6-11-10-5(8)13-6/h4H2,1-3H3,(H2,8,10)(H,9,11). The number of rotatable bonds is 4. The summed E-state index contributed by atoms with van der Waals surface area (Å²) in [5, 5.41) is 10.1. The highest BCUT2D eigenvalue weighted by atomic mass is 16.5. The van der Waals surface area contributed by atoms with Crippen LogP contribution in [0, 0.1) is 0 Å². The molecule has 0 spiro atoms. The van der Waals surface area contributed by atoms with Crippen molar-refractivity contribution >= 4 is 12.0 Å². The van der Waals surface area contributed by atoms with Crippen molar-refractivity contribution in [1.82, 2.24) is 10.2 Å². The molecule has 1 aromatic rings. The lowest BCUT2D eigenvalue weighted by molar-refractivity contribution is 0.0339. The zero-order valence-corrected chi connectivity index (χ0v) is 8.00. The normalized spacial score (nSPS) is 11.6. The summed E-state index contributed by atoms with van der Waals surface area (Å²) >= 11 is 0. The van der Waals surface area contributed by atoms with Gasteiger partial charge in [-0.1, -0.05) is 10.2 Å². The maximum Gasteiger partial charge on any atom is 0.316 e. The molecule has 3 N–H and O–H groups in total. The van der Waals surface area contributed by atoms with Gasteiger partial charge in [0.1, 0.15) is 0 Å².